The maximum absolute atomic E-state index is 13.2. The molecule has 1 rings (SSSR count). The van der Waals surface area contributed by atoms with E-state index in [2.05, 4.69) is 75.6 Å². The van der Waals surface area contributed by atoms with Crippen molar-refractivity contribution in [3.63, 3.8) is 0 Å². The minimum absolute atomic E-state index is 0.127. The van der Waals surface area contributed by atoms with E-state index in [0.29, 0.717) is 21.1 Å². The van der Waals surface area contributed by atoms with Crippen LogP contribution in [0.2, 0.25) is 16.6 Å². The first-order valence-corrected chi connectivity index (χ1v) is 13.8. The van der Waals surface area contributed by atoms with E-state index in [1.165, 1.54) is 4.31 Å². The number of hydrogen-bond donors (Lipinski definition) is 0. The standard InChI is InChI=1S/C21H32BrNO2SSi/c1-16(2)27(17(3)4,18(5)6)14-13-23(15-20(8)22)26(24,25)21-11-9-19(7)10-12-21/h9-12,16-18H,8,15H2,1-7H3. The Morgan fingerprint density at radius 1 is 1.07 bits per heavy atom. The Kier molecular flexibility index (Phi) is 8.40. The lowest BCUT2D eigenvalue weighted by Crippen LogP contribution is -2.44. The molecule has 0 aliphatic heterocycles. The molecule has 0 atom stereocenters. The molecule has 0 bridgehead atoms. The third-order valence-corrected chi connectivity index (χ3v) is 13.4. The average Bonchev–Trinajstić information content (AvgIpc) is 2.53. The molecule has 0 radical (unpaired) electrons. The predicted molar refractivity (Wildman–Crippen MR) is 122 cm³/mol. The van der Waals surface area contributed by atoms with Crippen LogP contribution in [0.5, 0.6) is 0 Å². The molecule has 1 aromatic rings. The summed E-state index contributed by atoms with van der Waals surface area (Å²) in [7, 11) is -5.76. The van der Waals surface area contributed by atoms with Crippen LogP contribution in [0.4, 0.5) is 0 Å². The summed E-state index contributed by atoms with van der Waals surface area (Å²) < 4.78 is 28.2. The van der Waals surface area contributed by atoms with Gasteiger partial charge in [0.1, 0.15) is 8.07 Å². The monoisotopic (exact) mass is 469 g/mol. The highest BCUT2D eigenvalue weighted by Crippen LogP contribution is 2.40. The van der Waals surface area contributed by atoms with Crippen LogP contribution < -0.4 is 0 Å². The van der Waals surface area contributed by atoms with Crippen molar-refractivity contribution in [2.75, 3.05) is 6.54 Å². The molecule has 0 N–H and O–H groups in total. The number of nitrogens with zero attached hydrogens (tertiary/aromatic N) is 1. The summed E-state index contributed by atoms with van der Waals surface area (Å²) in [5.74, 6) is 0. The summed E-state index contributed by atoms with van der Waals surface area (Å²) in [5, 5.41) is 0. The van der Waals surface area contributed by atoms with E-state index >= 15 is 0 Å². The van der Waals surface area contributed by atoms with Crippen LogP contribution in [0.3, 0.4) is 0 Å². The van der Waals surface area contributed by atoms with Gasteiger partial charge in [0.2, 0.25) is 0 Å². The predicted octanol–water partition coefficient (Wildman–Crippen LogP) is 6.07. The minimum atomic E-state index is -3.72. The Labute approximate surface area is 175 Å². The van der Waals surface area contributed by atoms with Crippen LogP contribution in [-0.4, -0.2) is 27.3 Å². The molecule has 0 aliphatic rings. The second kappa shape index (κ2) is 9.44. The average molecular weight is 471 g/mol. The molecule has 0 fully saturated rings. The minimum Gasteiger partial charge on any atom is -0.220 e. The van der Waals surface area contributed by atoms with Gasteiger partial charge in [-0.05, 0) is 35.7 Å². The molecular weight excluding hydrogens is 438 g/mol. The van der Waals surface area contributed by atoms with Gasteiger partial charge in [-0.25, -0.2) is 12.7 Å². The van der Waals surface area contributed by atoms with Crippen LogP contribution >= 0.6 is 15.9 Å². The van der Waals surface area contributed by atoms with E-state index in [1.54, 1.807) is 24.3 Å². The lowest BCUT2D eigenvalue weighted by Gasteiger charge is -2.38. The summed E-state index contributed by atoms with van der Waals surface area (Å²) >= 11 is 3.30. The number of hydrogen-bond acceptors (Lipinski definition) is 2. The SMILES string of the molecule is C=C(Br)CN(C#C[Si](C(C)C)(C(C)C)C(C)C)S(=O)(=O)c1ccc(C)cc1. The zero-order chi connectivity index (χ0) is 21.0. The Morgan fingerprint density at radius 3 is 1.89 bits per heavy atom. The number of sulfonamides is 1. The van der Waals surface area contributed by atoms with Crippen molar-refractivity contribution >= 4 is 34.0 Å². The highest BCUT2D eigenvalue weighted by molar-refractivity contribution is 9.11. The van der Waals surface area contributed by atoms with Crippen molar-refractivity contribution < 1.29 is 8.42 Å². The van der Waals surface area contributed by atoms with Gasteiger partial charge in [-0.1, -0.05) is 81.7 Å². The summed E-state index contributed by atoms with van der Waals surface area (Å²) in [6.07, 6.45) is 0. The summed E-state index contributed by atoms with van der Waals surface area (Å²) in [6.45, 7) is 19.1. The van der Waals surface area contributed by atoms with Crippen LogP contribution in [0.25, 0.3) is 0 Å². The fraction of sp³-hybridized carbons (Fsp3) is 0.524. The number of rotatable bonds is 7. The Bertz CT molecular complexity index is 796. The third kappa shape index (κ3) is 5.49. The van der Waals surface area contributed by atoms with E-state index in [9.17, 15) is 8.42 Å². The van der Waals surface area contributed by atoms with Gasteiger partial charge in [0.25, 0.3) is 10.0 Å². The zero-order valence-electron chi connectivity index (χ0n) is 17.5. The van der Waals surface area contributed by atoms with Crippen molar-refractivity contribution in [2.45, 2.75) is 70.0 Å². The second-order valence-corrected chi connectivity index (χ2v) is 16.5. The highest BCUT2D eigenvalue weighted by Gasteiger charge is 2.42. The van der Waals surface area contributed by atoms with Crippen molar-refractivity contribution in [1.82, 2.24) is 4.31 Å². The van der Waals surface area contributed by atoms with Gasteiger partial charge >= 0.3 is 0 Å². The van der Waals surface area contributed by atoms with Gasteiger partial charge in [0.05, 0.1) is 11.4 Å². The number of benzene rings is 1. The lowest BCUT2D eigenvalue weighted by atomic mass is 10.2. The van der Waals surface area contributed by atoms with Gasteiger partial charge in [-0.15, -0.1) is 5.54 Å². The third-order valence-electron chi connectivity index (χ3n) is 5.19. The topological polar surface area (TPSA) is 37.4 Å². The first-order chi connectivity index (χ1) is 12.4. The zero-order valence-corrected chi connectivity index (χ0v) is 20.9. The van der Waals surface area contributed by atoms with Crippen LogP contribution in [0, 0.1) is 18.5 Å². The van der Waals surface area contributed by atoms with Crippen LogP contribution in [0.1, 0.15) is 47.1 Å². The van der Waals surface area contributed by atoms with Gasteiger partial charge in [0.15, 0.2) is 0 Å². The molecule has 0 heterocycles. The molecule has 0 amide bonds. The quantitative estimate of drug-likeness (QED) is 0.275. The Morgan fingerprint density at radius 2 is 1.52 bits per heavy atom. The molecule has 1 aromatic carbocycles. The summed E-state index contributed by atoms with van der Waals surface area (Å²) in [5.41, 5.74) is 5.81. The molecule has 3 nitrogen and oxygen atoms in total. The molecule has 27 heavy (non-hydrogen) atoms. The maximum atomic E-state index is 13.2. The summed E-state index contributed by atoms with van der Waals surface area (Å²) in [4.78, 5) is 0.252. The van der Waals surface area contributed by atoms with E-state index in [-0.39, 0.29) is 11.4 Å². The van der Waals surface area contributed by atoms with Crippen LogP contribution in [0.15, 0.2) is 40.2 Å². The first kappa shape index (κ1) is 24.0. The van der Waals surface area contributed by atoms with Crippen molar-refractivity contribution in [3.8, 4) is 11.6 Å². The number of halogens is 1. The molecule has 6 heteroatoms. The molecule has 0 spiro atoms. The van der Waals surface area contributed by atoms with Crippen LogP contribution in [-0.2, 0) is 10.0 Å². The molecule has 150 valence electrons. The molecule has 0 aromatic heterocycles. The fourth-order valence-corrected chi connectivity index (χ4v) is 10.7. The lowest BCUT2D eigenvalue weighted by molar-refractivity contribution is 0.532. The fourth-order valence-electron chi connectivity index (χ4n) is 3.77. The maximum Gasteiger partial charge on any atom is 0.271 e. The van der Waals surface area contributed by atoms with E-state index in [1.807, 2.05) is 6.92 Å². The Balaban J connectivity index is 3.52. The molecular formula is C21H32BrNO2SSi. The first-order valence-electron chi connectivity index (χ1n) is 9.31. The van der Waals surface area contributed by atoms with E-state index in [4.69, 9.17) is 0 Å². The van der Waals surface area contributed by atoms with Crippen molar-refractivity contribution in [2.24, 2.45) is 0 Å². The van der Waals surface area contributed by atoms with E-state index < -0.39 is 18.1 Å². The second-order valence-electron chi connectivity index (χ2n) is 7.98. The molecule has 0 unspecified atom stereocenters. The Hall–Kier alpha value is -1.03. The van der Waals surface area contributed by atoms with E-state index in [0.717, 1.165) is 5.56 Å². The van der Waals surface area contributed by atoms with Crippen molar-refractivity contribution in [1.29, 1.82) is 0 Å². The molecule has 0 aliphatic carbocycles. The van der Waals surface area contributed by atoms with Gasteiger partial charge in [-0.3, -0.25) is 0 Å². The highest BCUT2D eigenvalue weighted by atomic mass is 79.9. The smallest absolute Gasteiger partial charge is 0.220 e. The van der Waals surface area contributed by atoms with Gasteiger partial charge in [0, 0.05) is 10.5 Å². The largest absolute Gasteiger partial charge is 0.271 e. The molecule has 0 saturated heterocycles. The van der Waals surface area contributed by atoms with Gasteiger partial charge < -0.3 is 0 Å². The molecule has 0 saturated carbocycles. The van der Waals surface area contributed by atoms with Crippen molar-refractivity contribution in [3.05, 3.63) is 40.9 Å². The summed E-state index contributed by atoms with van der Waals surface area (Å²) in [6, 6.07) is 9.93. The normalized spacial score (nSPS) is 12.3. The van der Waals surface area contributed by atoms with Gasteiger partial charge in [-0.2, -0.15) is 0 Å². The number of aryl methyl sites for hydroxylation is 1.